The molecule has 0 fully saturated rings. The van der Waals surface area contributed by atoms with Gasteiger partial charge in [0.25, 0.3) is 0 Å². The minimum Gasteiger partial charge on any atom is -0.332 e. The first-order valence-electron chi connectivity index (χ1n) is 9.35. The van der Waals surface area contributed by atoms with Crippen molar-refractivity contribution in [3.05, 3.63) is 84.3 Å². The number of carbonyl (C=O) groups is 1. The summed E-state index contributed by atoms with van der Waals surface area (Å²) in [6, 6.07) is 20.0. The molecule has 2 N–H and O–H groups in total. The van der Waals surface area contributed by atoms with Gasteiger partial charge in [-0.15, -0.1) is 0 Å². The third-order valence-corrected chi connectivity index (χ3v) is 5.32. The van der Waals surface area contributed by atoms with Crippen molar-refractivity contribution in [3.63, 3.8) is 0 Å². The smallest absolute Gasteiger partial charge is 0.222 e. The van der Waals surface area contributed by atoms with Crippen molar-refractivity contribution >= 4 is 23.5 Å². The van der Waals surface area contributed by atoms with Crippen LogP contribution in [0.4, 0.5) is 10.2 Å². The first-order chi connectivity index (χ1) is 14.6. The van der Waals surface area contributed by atoms with E-state index in [-0.39, 0.29) is 11.7 Å². The van der Waals surface area contributed by atoms with Gasteiger partial charge < -0.3 is 10.3 Å². The molecule has 7 heteroatoms. The van der Waals surface area contributed by atoms with Crippen LogP contribution in [-0.4, -0.2) is 20.9 Å². The molecule has 0 bridgehead atoms. The van der Waals surface area contributed by atoms with Crippen LogP contribution in [0.5, 0.6) is 0 Å². The number of rotatable bonds is 6. The molecule has 1 amide bonds. The molecule has 30 heavy (non-hydrogen) atoms. The summed E-state index contributed by atoms with van der Waals surface area (Å²) in [5.74, 6) is 0.728. The van der Waals surface area contributed by atoms with Gasteiger partial charge >= 0.3 is 0 Å². The number of pyridine rings is 1. The fourth-order valence-corrected chi connectivity index (χ4v) is 3.83. The molecule has 0 aliphatic heterocycles. The Labute approximate surface area is 177 Å². The van der Waals surface area contributed by atoms with Crippen molar-refractivity contribution in [1.29, 1.82) is 0 Å². The fourth-order valence-electron chi connectivity index (χ4n) is 3.01. The molecule has 0 spiro atoms. The highest BCUT2D eigenvalue weighted by atomic mass is 32.2. The van der Waals surface area contributed by atoms with Gasteiger partial charge in [0.15, 0.2) is 5.16 Å². The van der Waals surface area contributed by atoms with Gasteiger partial charge in [-0.1, -0.05) is 42.1 Å². The number of aromatic nitrogens is 3. The largest absolute Gasteiger partial charge is 0.332 e. The van der Waals surface area contributed by atoms with Crippen molar-refractivity contribution in [3.8, 4) is 22.5 Å². The van der Waals surface area contributed by atoms with Crippen LogP contribution in [0.1, 0.15) is 12.5 Å². The van der Waals surface area contributed by atoms with E-state index in [1.54, 1.807) is 36.2 Å². The summed E-state index contributed by atoms with van der Waals surface area (Å²) in [7, 11) is 0. The molecule has 0 saturated heterocycles. The van der Waals surface area contributed by atoms with E-state index in [1.165, 1.54) is 24.6 Å². The number of nitrogens with one attached hydrogen (secondary N) is 2. The van der Waals surface area contributed by atoms with E-state index in [4.69, 9.17) is 4.98 Å². The highest BCUT2D eigenvalue weighted by Gasteiger charge is 2.16. The van der Waals surface area contributed by atoms with E-state index >= 15 is 0 Å². The van der Waals surface area contributed by atoms with Crippen LogP contribution < -0.4 is 5.32 Å². The van der Waals surface area contributed by atoms with Crippen LogP contribution in [0.15, 0.2) is 78.1 Å². The molecule has 2 aromatic carbocycles. The zero-order valence-corrected chi connectivity index (χ0v) is 17.0. The molecule has 150 valence electrons. The zero-order chi connectivity index (χ0) is 20.9. The van der Waals surface area contributed by atoms with Crippen LogP contribution in [0.2, 0.25) is 0 Å². The first-order valence-corrected chi connectivity index (χ1v) is 10.3. The number of thioether (sulfide) groups is 1. The molecule has 0 radical (unpaired) electrons. The summed E-state index contributed by atoms with van der Waals surface area (Å²) in [5.41, 5.74) is 4.32. The lowest BCUT2D eigenvalue weighted by atomic mass is 10.1. The molecule has 0 unspecified atom stereocenters. The Morgan fingerprint density at radius 2 is 1.83 bits per heavy atom. The Morgan fingerprint density at radius 1 is 1.07 bits per heavy atom. The van der Waals surface area contributed by atoms with E-state index in [1.807, 2.05) is 24.3 Å². The highest BCUT2D eigenvalue weighted by Crippen LogP contribution is 2.34. The maximum absolute atomic E-state index is 13.4. The average Bonchev–Trinajstić information content (AvgIpc) is 3.18. The van der Waals surface area contributed by atoms with Crippen LogP contribution in [-0.2, 0) is 10.5 Å². The average molecular weight is 418 g/mol. The third kappa shape index (κ3) is 4.75. The summed E-state index contributed by atoms with van der Waals surface area (Å²) >= 11 is 1.59. The van der Waals surface area contributed by atoms with Gasteiger partial charge in [-0.25, -0.2) is 14.4 Å². The second-order valence-corrected chi connectivity index (χ2v) is 7.62. The Bertz CT molecular complexity index is 1160. The number of halogens is 1. The third-order valence-electron chi connectivity index (χ3n) is 4.37. The molecule has 0 aliphatic carbocycles. The van der Waals surface area contributed by atoms with Crippen molar-refractivity contribution in [2.45, 2.75) is 17.8 Å². The van der Waals surface area contributed by atoms with E-state index < -0.39 is 0 Å². The lowest BCUT2D eigenvalue weighted by Crippen LogP contribution is -2.07. The molecule has 0 aliphatic rings. The molecule has 5 nitrogen and oxygen atoms in total. The number of aromatic amines is 1. The standard InChI is InChI=1S/C23H19FN4OS/c1-15(29)26-20-13-18(11-12-25-20)22-21(17-7-9-19(24)10-8-17)27-23(28-22)30-14-16-5-3-2-4-6-16/h2-13H,14H2,1H3,(H,27,28)(H,25,26,29). The molecule has 4 rings (SSSR count). The first kappa shape index (κ1) is 19.8. The number of nitrogens with zero attached hydrogens (tertiary/aromatic N) is 2. The van der Waals surface area contributed by atoms with Gasteiger partial charge in [0.2, 0.25) is 5.91 Å². The molecule has 0 atom stereocenters. The summed E-state index contributed by atoms with van der Waals surface area (Å²) in [5, 5.41) is 3.45. The number of H-pyrrole nitrogens is 1. The van der Waals surface area contributed by atoms with Crippen LogP contribution in [0.25, 0.3) is 22.5 Å². The number of anilines is 1. The van der Waals surface area contributed by atoms with Crippen molar-refractivity contribution in [1.82, 2.24) is 15.0 Å². The zero-order valence-electron chi connectivity index (χ0n) is 16.2. The lowest BCUT2D eigenvalue weighted by molar-refractivity contribution is -0.114. The van der Waals surface area contributed by atoms with Crippen LogP contribution in [0, 0.1) is 5.82 Å². The quantitative estimate of drug-likeness (QED) is 0.404. The minimum atomic E-state index is -0.296. The maximum atomic E-state index is 13.4. The number of carbonyl (C=O) groups excluding carboxylic acids is 1. The van der Waals surface area contributed by atoms with E-state index in [0.717, 1.165) is 27.7 Å². The topological polar surface area (TPSA) is 70.7 Å². The minimum absolute atomic E-state index is 0.195. The SMILES string of the molecule is CC(=O)Nc1cc(-c2nc(SCc3ccccc3)[nH]c2-c2ccc(F)cc2)ccn1. The Morgan fingerprint density at radius 3 is 2.57 bits per heavy atom. The van der Waals surface area contributed by atoms with Gasteiger partial charge in [0.1, 0.15) is 11.6 Å². The molecular weight excluding hydrogens is 399 g/mol. The lowest BCUT2D eigenvalue weighted by Gasteiger charge is -2.06. The monoisotopic (exact) mass is 418 g/mol. The summed E-state index contributed by atoms with van der Waals surface area (Å²) < 4.78 is 13.4. The number of hydrogen-bond donors (Lipinski definition) is 2. The Kier molecular flexibility index (Phi) is 5.90. The van der Waals surface area contributed by atoms with Gasteiger partial charge in [0, 0.05) is 30.0 Å². The van der Waals surface area contributed by atoms with Gasteiger partial charge in [-0.05, 0) is 42.0 Å². The predicted molar refractivity (Wildman–Crippen MR) is 118 cm³/mol. The summed E-state index contributed by atoms with van der Waals surface area (Å²) in [6.45, 7) is 1.44. The second-order valence-electron chi connectivity index (χ2n) is 6.66. The van der Waals surface area contributed by atoms with Crippen molar-refractivity contribution < 1.29 is 9.18 Å². The molecular formula is C23H19FN4OS. The number of benzene rings is 2. The molecule has 4 aromatic rings. The predicted octanol–water partition coefficient (Wildman–Crippen LogP) is 5.53. The van der Waals surface area contributed by atoms with E-state index in [0.29, 0.717) is 11.5 Å². The fraction of sp³-hybridized carbons (Fsp3) is 0.0870. The molecule has 0 saturated carbocycles. The maximum Gasteiger partial charge on any atom is 0.222 e. The van der Waals surface area contributed by atoms with Crippen LogP contribution in [0.3, 0.4) is 0 Å². The highest BCUT2D eigenvalue weighted by molar-refractivity contribution is 7.98. The summed E-state index contributed by atoms with van der Waals surface area (Å²) in [6.07, 6.45) is 1.63. The van der Waals surface area contributed by atoms with Crippen molar-refractivity contribution in [2.24, 2.45) is 0 Å². The molecule has 2 heterocycles. The van der Waals surface area contributed by atoms with E-state index in [2.05, 4.69) is 27.4 Å². The normalized spacial score (nSPS) is 10.7. The van der Waals surface area contributed by atoms with Crippen molar-refractivity contribution in [2.75, 3.05) is 5.32 Å². The molecule has 2 aromatic heterocycles. The number of imidazole rings is 1. The second kappa shape index (κ2) is 8.92. The van der Waals surface area contributed by atoms with Gasteiger partial charge in [-0.3, -0.25) is 4.79 Å². The van der Waals surface area contributed by atoms with Gasteiger partial charge in [0.05, 0.1) is 11.4 Å². The Balaban J connectivity index is 1.71. The summed E-state index contributed by atoms with van der Waals surface area (Å²) in [4.78, 5) is 23.7. The van der Waals surface area contributed by atoms with E-state index in [9.17, 15) is 9.18 Å². The van der Waals surface area contributed by atoms with Crippen LogP contribution >= 0.6 is 11.8 Å². The number of amides is 1. The number of hydrogen-bond acceptors (Lipinski definition) is 4. The Hall–Kier alpha value is -3.45. The van der Waals surface area contributed by atoms with Gasteiger partial charge in [-0.2, -0.15) is 0 Å².